The first-order chi connectivity index (χ1) is 4.31. The maximum absolute atomic E-state index is 11.3. The minimum Gasteiger partial charge on any atom is -0.263 e. The van der Waals surface area contributed by atoms with E-state index in [1.807, 2.05) is 0 Å². The maximum atomic E-state index is 11.3. The molecule has 0 atom stereocenters. The zero-order valence-corrected chi connectivity index (χ0v) is 7.77. The van der Waals surface area contributed by atoms with Crippen LogP contribution in [0.25, 0.3) is 0 Å². The van der Waals surface area contributed by atoms with Gasteiger partial charge in [-0.1, -0.05) is 0 Å². The second kappa shape index (κ2) is 5.06. The van der Waals surface area contributed by atoms with Gasteiger partial charge < -0.3 is 0 Å². The molecular weight excluding hydrogens is 346 g/mol. The van der Waals surface area contributed by atoms with Crippen molar-refractivity contribution < 1.29 is 72.7 Å². The monoisotopic (exact) mass is 352 g/mol. The van der Waals surface area contributed by atoms with Crippen LogP contribution in [0.3, 0.4) is 0 Å². The average molecular weight is 351 g/mol. The van der Waals surface area contributed by atoms with Crippen molar-refractivity contribution in [3.8, 4) is 0 Å². The molecule has 8 heteroatoms. The van der Waals surface area contributed by atoms with Gasteiger partial charge in [-0.3, -0.25) is 4.18 Å². The summed E-state index contributed by atoms with van der Waals surface area (Å²) in [6, 6.07) is 0. The van der Waals surface area contributed by atoms with Crippen LogP contribution < -0.4 is 0 Å². The Hall–Kier alpha value is 1.22. The van der Waals surface area contributed by atoms with Crippen molar-refractivity contribution in [1.82, 2.24) is 0 Å². The first kappa shape index (κ1) is 14.7. The molecule has 0 heterocycles. The summed E-state index contributed by atoms with van der Waals surface area (Å²) >= 11 is 0. The SMILES string of the molecule is CCOS(=O)(=O)C(F)(F)F.[Yb]. The first-order valence-corrected chi connectivity index (χ1v) is 3.68. The van der Waals surface area contributed by atoms with Crippen LogP contribution in [0.5, 0.6) is 0 Å². The van der Waals surface area contributed by atoms with Crippen molar-refractivity contribution in [1.29, 1.82) is 0 Å². The van der Waals surface area contributed by atoms with Crippen LogP contribution in [0.1, 0.15) is 6.92 Å². The van der Waals surface area contributed by atoms with Crippen LogP contribution in [0.4, 0.5) is 13.2 Å². The molecule has 0 saturated carbocycles. The molecule has 0 bridgehead atoms. The third-order valence-corrected chi connectivity index (χ3v) is 1.67. The third kappa shape index (κ3) is 4.72. The molecule has 0 N–H and O–H groups in total. The van der Waals surface area contributed by atoms with Crippen LogP contribution in [-0.4, -0.2) is 20.5 Å². The number of hydrogen-bond acceptors (Lipinski definition) is 3. The summed E-state index contributed by atoms with van der Waals surface area (Å²) in [4.78, 5) is 0. The smallest absolute Gasteiger partial charge is 0.263 e. The predicted octanol–water partition coefficient (Wildman–Crippen LogP) is 0.873. The van der Waals surface area contributed by atoms with Crippen LogP contribution in [0.15, 0.2) is 0 Å². The van der Waals surface area contributed by atoms with Crippen molar-refractivity contribution in [2.24, 2.45) is 0 Å². The topological polar surface area (TPSA) is 43.4 Å². The molecule has 76 valence electrons. The van der Waals surface area contributed by atoms with Crippen molar-refractivity contribution in [3.05, 3.63) is 0 Å². The van der Waals surface area contributed by atoms with E-state index in [0.29, 0.717) is 0 Å². The van der Waals surface area contributed by atoms with Crippen molar-refractivity contribution >= 4 is 10.1 Å². The van der Waals surface area contributed by atoms with Crippen molar-refractivity contribution in [2.75, 3.05) is 6.61 Å². The Kier molecular flexibility index (Phi) is 6.77. The molecule has 0 spiro atoms. The van der Waals surface area contributed by atoms with Crippen LogP contribution in [0.2, 0.25) is 0 Å². The molecule has 0 amide bonds. The van der Waals surface area contributed by atoms with Gasteiger partial charge in [-0.25, -0.2) is 0 Å². The summed E-state index contributed by atoms with van der Waals surface area (Å²) in [5, 5.41) is 0. The molecule has 0 aromatic carbocycles. The van der Waals surface area contributed by atoms with E-state index in [9.17, 15) is 21.6 Å². The number of halogens is 3. The quantitative estimate of drug-likeness (QED) is 0.548. The molecule has 0 radical (unpaired) electrons. The molecule has 11 heavy (non-hydrogen) atoms. The Morgan fingerprint density at radius 2 is 1.73 bits per heavy atom. The average Bonchev–Trinajstić information content (AvgIpc) is 1.61. The fourth-order valence-corrected chi connectivity index (χ4v) is 0.666. The van der Waals surface area contributed by atoms with Crippen molar-refractivity contribution in [2.45, 2.75) is 12.4 Å². The van der Waals surface area contributed by atoms with E-state index >= 15 is 0 Å². The molecule has 0 fully saturated rings. The first-order valence-electron chi connectivity index (χ1n) is 2.27. The molecule has 0 rings (SSSR count). The van der Waals surface area contributed by atoms with E-state index in [4.69, 9.17) is 0 Å². The van der Waals surface area contributed by atoms with Gasteiger partial charge in [-0.05, 0) is 6.92 Å². The Bertz CT molecular complexity index is 196. The van der Waals surface area contributed by atoms with Gasteiger partial charge in [0, 0.05) is 46.9 Å². The zero-order valence-electron chi connectivity index (χ0n) is 5.24. The Morgan fingerprint density at radius 1 is 1.36 bits per heavy atom. The largest absolute Gasteiger partial charge is 0.523 e. The molecule has 0 aliphatic heterocycles. The summed E-state index contributed by atoms with van der Waals surface area (Å²) in [6.07, 6.45) is 0. The second-order valence-corrected chi connectivity index (χ2v) is 2.91. The maximum Gasteiger partial charge on any atom is 0.523 e. The van der Waals surface area contributed by atoms with Gasteiger partial charge in [0.2, 0.25) is 0 Å². The second-order valence-electron chi connectivity index (χ2n) is 1.31. The number of alkyl halides is 3. The summed E-state index contributed by atoms with van der Waals surface area (Å²) in [5.41, 5.74) is -5.30. The van der Waals surface area contributed by atoms with E-state index in [2.05, 4.69) is 4.18 Å². The molecular formula is C3H5F3O3SYb. The molecule has 0 aliphatic rings. The molecule has 0 aromatic heterocycles. The molecule has 0 aliphatic carbocycles. The summed E-state index contributed by atoms with van der Waals surface area (Å²) in [5.74, 6) is 0. The van der Waals surface area contributed by atoms with Gasteiger partial charge in [-0.2, -0.15) is 21.6 Å². The fourth-order valence-electron chi connectivity index (χ4n) is 0.222. The van der Waals surface area contributed by atoms with Crippen molar-refractivity contribution in [3.63, 3.8) is 0 Å². The third-order valence-electron chi connectivity index (χ3n) is 0.556. The van der Waals surface area contributed by atoms with E-state index in [-0.39, 0.29) is 46.9 Å². The van der Waals surface area contributed by atoms with Gasteiger partial charge in [0.25, 0.3) is 0 Å². The van der Waals surface area contributed by atoms with Gasteiger partial charge >= 0.3 is 15.6 Å². The Labute approximate surface area is 101 Å². The normalized spacial score (nSPS) is 12.4. The van der Waals surface area contributed by atoms with Crippen LogP contribution in [0, 0.1) is 46.9 Å². The molecule has 3 nitrogen and oxygen atoms in total. The fraction of sp³-hybridized carbons (Fsp3) is 1.00. The number of rotatable bonds is 2. The predicted molar refractivity (Wildman–Crippen MR) is 26.6 cm³/mol. The van der Waals surface area contributed by atoms with Gasteiger partial charge in [-0.15, -0.1) is 0 Å². The van der Waals surface area contributed by atoms with E-state index < -0.39 is 22.2 Å². The van der Waals surface area contributed by atoms with E-state index in [0.717, 1.165) is 6.92 Å². The van der Waals surface area contributed by atoms with Crippen LogP contribution in [-0.2, 0) is 14.3 Å². The molecule has 0 unspecified atom stereocenters. The van der Waals surface area contributed by atoms with Gasteiger partial charge in [0.05, 0.1) is 6.61 Å². The minimum atomic E-state index is -5.35. The molecule has 0 saturated heterocycles. The number of hydrogen-bond donors (Lipinski definition) is 0. The summed E-state index contributed by atoms with van der Waals surface area (Å²) in [7, 11) is -5.35. The van der Waals surface area contributed by atoms with E-state index in [1.54, 1.807) is 0 Å². The van der Waals surface area contributed by atoms with Gasteiger partial charge in [0.15, 0.2) is 0 Å². The summed E-state index contributed by atoms with van der Waals surface area (Å²) < 4.78 is 57.2. The Morgan fingerprint density at radius 3 is 1.82 bits per heavy atom. The van der Waals surface area contributed by atoms with Crippen LogP contribution >= 0.6 is 0 Å². The summed E-state index contributed by atoms with van der Waals surface area (Å²) in [6.45, 7) is 0.644. The van der Waals surface area contributed by atoms with Gasteiger partial charge in [0.1, 0.15) is 0 Å². The minimum absolute atomic E-state index is 0. The Balaban J connectivity index is 0. The standard InChI is InChI=1S/C3H5F3O3S.Yb/c1-2-9-10(7,8)3(4,5)6;/h2H2,1H3;. The zero-order chi connectivity index (χ0) is 8.41. The molecule has 0 aromatic rings. The van der Waals surface area contributed by atoms with E-state index in [1.165, 1.54) is 0 Å².